The lowest BCUT2D eigenvalue weighted by Crippen LogP contribution is -2.57. The lowest BCUT2D eigenvalue weighted by Gasteiger charge is -2.35. The van der Waals surface area contributed by atoms with Gasteiger partial charge in [-0.25, -0.2) is 9.97 Å². The maximum atomic E-state index is 13.3. The Morgan fingerprint density at radius 2 is 2.12 bits per heavy atom. The highest BCUT2D eigenvalue weighted by molar-refractivity contribution is 6.33. The number of hydrogen-bond acceptors (Lipinski definition) is 9. The summed E-state index contributed by atoms with van der Waals surface area (Å²) >= 11 is 6.46. The Morgan fingerprint density at radius 1 is 1.30 bits per heavy atom. The third kappa shape index (κ3) is 6.72. The minimum atomic E-state index is -0.466. The minimum Gasteiger partial charge on any atom is -0.394 e. The summed E-state index contributed by atoms with van der Waals surface area (Å²) in [6, 6.07) is 5.20. The number of anilines is 1. The van der Waals surface area contributed by atoms with Crippen LogP contribution in [0.4, 0.5) is 5.95 Å². The van der Waals surface area contributed by atoms with Crippen LogP contribution >= 0.6 is 11.6 Å². The van der Waals surface area contributed by atoms with Crippen molar-refractivity contribution in [3.8, 4) is 11.3 Å². The van der Waals surface area contributed by atoms with Crippen LogP contribution in [0.3, 0.4) is 0 Å². The van der Waals surface area contributed by atoms with Crippen molar-refractivity contribution in [2.75, 3.05) is 38.3 Å². The topological polar surface area (TPSA) is 138 Å². The van der Waals surface area contributed by atoms with E-state index in [2.05, 4.69) is 25.9 Å². The first-order chi connectivity index (χ1) is 19.4. The van der Waals surface area contributed by atoms with Gasteiger partial charge in [0.15, 0.2) is 0 Å². The van der Waals surface area contributed by atoms with Gasteiger partial charge in [0.1, 0.15) is 12.8 Å². The number of carbonyl (C=O) groups is 2. The molecule has 11 nitrogen and oxygen atoms in total. The molecule has 0 spiro atoms. The third-order valence-corrected chi connectivity index (χ3v) is 7.95. The van der Waals surface area contributed by atoms with E-state index in [9.17, 15) is 14.7 Å². The molecule has 4 N–H and O–H groups in total. The molecule has 1 aromatic carbocycles. The zero-order valence-electron chi connectivity index (χ0n) is 22.7. The fourth-order valence-corrected chi connectivity index (χ4v) is 5.78. The molecule has 40 heavy (non-hydrogen) atoms. The quantitative estimate of drug-likeness (QED) is 0.338. The molecule has 3 aliphatic rings. The number of nitrogens with zero attached hydrogens (tertiary/aromatic N) is 3. The zero-order chi connectivity index (χ0) is 28.1. The molecular weight excluding hydrogens is 536 g/mol. The SMILES string of the molecule is CCOC1CCCC([C@@H](CO)NC(=O)CN2Cc3ccc(-c4nc(NC5CCOCC5)ncc4Cl)cc3C2=O)N1. The zero-order valence-corrected chi connectivity index (χ0v) is 23.5. The van der Waals surface area contributed by atoms with Gasteiger partial charge in [-0.05, 0) is 50.7 Å². The Labute approximate surface area is 239 Å². The Kier molecular flexibility index (Phi) is 9.48. The first-order valence-corrected chi connectivity index (χ1v) is 14.4. The van der Waals surface area contributed by atoms with Crippen LogP contribution in [0, 0.1) is 0 Å². The fraction of sp³-hybridized carbons (Fsp3) is 0.571. The standard InChI is InChI=1S/C28H37ClN6O5/c1-2-40-25-5-3-4-22(33-25)23(16-36)32-24(37)15-35-14-18-7-6-17(12-20(18)27(35)38)26-21(29)13-30-28(34-26)31-19-8-10-39-11-9-19/h6-7,12-13,19,22-23,25,33,36H,2-5,8-11,14-16H2,1H3,(H,32,37)(H,30,31,34)/t22?,23-,25?/m1/s1. The summed E-state index contributed by atoms with van der Waals surface area (Å²) in [5.74, 6) is -0.0659. The summed E-state index contributed by atoms with van der Waals surface area (Å²) in [4.78, 5) is 36.7. The van der Waals surface area contributed by atoms with Gasteiger partial charge in [-0.15, -0.1) is 0 Å². The van der Waals surface area contributed by atoms with Gasteiger partial charge in [-0.1, -0.05) is 23.7 Å². The minimum absolute atomic E-state index is 0.0873. The number of aliphatic hydroxyl groups excluding tert-OH is 1. The Hall–Kier alpha value is -2.83. The van der Waals surface area contributed by atoms with E-state index in [1.165, 1.54) is 4.90 Å². The van der Waals surface area contributed by atoms with Crippen molar-refractivity contribution < 1.29 is 24.2 Å². The van der Waals surface area contributed by atoms with Crippen LogP contribution in [-0.4, -0.2) is 89.1 Å². The molecule has 0 saturated carbocycles. The number of ether oxygens (including phenoxy) is 2. The van der Waals surface area contributed by atoms with Gasteiger partial charge in [-0.2, -0.15) is 0 Å². The van der Waals surface area contributed by atoms with Crippen molar-refractivity contribution in [3.63, 3.8) is 0 Å². The van der Waals surface area contributed by atoms with Crippen LogP contribution < -0.4 is 16.0 Å². The number of rotatable bonds is 10. The summed E-state index contributed by atoms with van der Waals surface area (Å²) in [7, 11) is 0. The van der Waals surface area contributed by atoms with Crippen molar-refractivity contribution in [1.29, 1.82) is 0 Å². The van der Waals surface area contributed by atoms with E-state index in [0.29, 0.717) is 54.2 Å². The lowest BCUT2D eigenvalue weighted by molar-refractivity contribution is -0.123. The molecule has 0 bridgehead atoms. The Morgan fingerprint density at radius 3 is 2.90 bits per heavy atom. The molecule has 12 heteroatoms. The van der Waals surface area contributed by atoms with Crippen LogP contribution in [-0.2, 0) is 20.8 Å². The molecular formula is C28H37ClN6O5. The van der Waals surface area contributed by atoms with Crippen LogP contribution in [0.2, 0.25) is 5.02 Å². The van der Waals surface area contributed by atoms with Gasteiger partial charge in [0.05, 0.1) is 29.6 Å². The molecule has 1 aromatic heterocycles. The smallest absolute Gasteiger partial charge is 0.254 e. The molecule has 2 amide bonds. The van der Waals surface area contributed by atoms with Gasteiger partial charge < -0.3 is 30.1 Å². The second-order valence-electron chi connectivity index (χ2n) is 10.5. The normalized spacial score (nSPS) is 22.2. The number of nitrogens with one attached hydrogen (secondary N) is 3. The predicted molar refractivity (Wildman–Crippen MR) is 150 cm³/mol. The molecule has 2 fully saturated rings. The predicted octanol–water partition coefficient (Wildman–Crippen LogP) is 2.33. The van der Waals surface area contributed by atoms with E-state index in [-0.39, 0.29) is 43.3 Å². The molecule has 0 aliphatic carbocycles. The fourth-order valence-electron chi connectivity index (χ4n) is 5.58. The Balaban J connectivity index is 1.23. The molecule has 216 valence electrons. The van der Waals surface area contributed by atoms with E-state index in [0.717, 1.165) is 37.7 Å². The first kappa shape index (κ1) is 28.7. The first-order valence-electron chi connectivity index (χ1n) is 14.0. The van der Waals surface area contributed by atoms with Crippen LogP contribution in [0.25, 0.3) is 11.3 Å². The van der Waals surface area contributed by atoms with Gasteiger partial charge in [0, 0.05) is 49.6 Å². The maximum Gasteiger partial charge on any atom is 0.254 e. The molecule has 3 atom stereocenters. The van der Waals surface area contributed by atoms with Crippen LogP contribution in [0.5, 0.6) is 0 Å². The van der Waals surface area contributed by atoms with Crippen molar-refractivity contribution >= 4 is 29.4 Å². The van der Waals surface area contributed by atoms with E-state index >= 15 is 0 Å². The molecule has 2 aromatic rings. The number of fused-ring (bicyclic) bond motifs is 1. The maximum absolute atomic E-state index is 13.3. The summed E-state index contributed by atoms with van der Waals surface area (Å²) in [5, 5.41) is 20.0. The average Bonchev–Trinajstić information content (AvgIpc) is 3.27. The number of aliphatic hydroxyl groups is 1. The van der Waals surface area contributed by atoms with Crippen molar-refractivity contribution in [3.05, 3.63) is 40.5 Å². The van der Waals surface area contributed by atoms with E-state index in [1.54, 1.807) is 12.3 Å². The molecule has 0 radical (unpaired) electrons. The molecule has 2 unspecified atom stereocenters. The number of carbonyl (C=O) groups excluding carboxylic acids is 2. The summed E-state index contributed by atoms with van der Waals surface area (Å²) in [6.45, 7) is 3.96. The van der Waals surface area contributed by atoms with Gasteiger partial charge in [-0.3, -0.25) is 14.9 Å². The number of hydrogen-bond donors (Lipinski definition) is 4. The van der Waals surface area contributed by atoms with Gasteiger partial charge in [0.25, 0.3) is 5.91 Å². The highest BCUT2D eigenvalue weighted by atomic mass is 35.5. The van der Waals surface area contributed by atoms with Crippen LogP contribution in [0.15, 0.2) is 24.4 Å². The highest BCUT2D eigenvalue weighted by Crippen LogP contribution is 2.31. The summed E-state index contributed by atoms with van der Waals surface area (Å²) in [6.07, 6.45) is 5.89. The second kappa shape index (κ2) is 13.2. The highest BCUT2D eigenvalue weighted by Gasteiger charge is 2.32. The largest absolute Gasteiger partial charge is 0.394 e. The van der Waals surface area contributed by atoms with Crippen molar-refractivity contribution in [2.24, 2.45) is 0 Å². The molecule has 4 heterocycles. The second-order valence-corrected chi connectivity index (χ2v) is 10.9. The number of benzene rings is 1. The molecule has 3 aliphatic heterocycles. The Bertz CT molecular complexity index is 1210. The summed E-state index contributed by atoms with van der Waals surface area (Å²) < 4.78 is 11.1. The number of amides is 2. The van der Waals surface area contributed by atoms with Crippen molar-refractivity contribution in [2.45, 2.75) is 69.9 Å². The summed E-state index contributed by atoms with van der Waals surface area (Å²) in [5.41, 5.74) is 2.59. The number of piperidine rings is 1. The molecule has 5 rings (SSSR count). The number of aromatic nitrogens is 2. The number of halogens is 1. The average molecular weight is 573 g/mol. The molecule has 2 saturated heterocycles. The monoisotopic (exact) mass is 572 g/mol. The van der Waals surface area contributed by atoms with E-state index in [1.807, 2.05) is 19.1 Å². The van der Waals surface area contributed by atoms with Gasteiger partial charge >= 0.3 is 0 Å². The van der Waals surface area contributed by atoms with E-state index in [4.69, 9.17) is 21.1 Å². The van der Waals surface area contributed by atoms with Gasteiger partial charge in [0.2, 0.25) is 11.9 Å². The third-order valence-electron chi connectivity index (χ3n) is 7.67. The van der Waals surface area contributed by atoms with E-state index < -0.39 is 6.04 Å². The lowest BCUT2D eigenvalue weighted by atomic mass is 9.97. The van der Waals surface area contributed by atoms with Crippen molar-refractivity contribution in [1.82, 2.24) is 25.5 Å². The van der Waals surface area contributed by atoms with Crippen LogP contribution in [0.1, 0.15) is 54.9 Å².